The van der Waals surface area contributed by atoms with Crippen molar-refractivity contribution in [3.05, 3.63) is 22.4 Å². The van der Waals surface area contributed by atoms with Crippen LogP contribution in [0.25, 0.3) is 0 Å². The standard InChI is InChI=1S/C12H11BrN4O/c13-9-7-11(17(8-9)10-1-2-10)12(18)16(5-3-14)6-4-15/h7-8,10H,1-2,5-6H2. The molecule has 0 N–H and O–H groups in total. The van der Waals surface area contributed by atoms with Crippen molar-refractivity contribution in [2.24, 2.45) is 0 Å². The Hall–Kier alpha value is -1.79. The average molecular weight is 307 g/mol. The molecular formula is C12H11BrN4O. The second kappa shape index (κ2) is 5.24. The van der Waals surface area contributed by atoms with Crippen LogP contribution in [0.15, 0.2) is 16.7 Å². The summed E-state index contributed by atoms with van der Waals surface area (Å²) in [6.45, 7) is -0.139. The van der Waals surface area contributed by atoms with Crippen LogP contribution in [0, 0.1) is 22.7 Å². The molecule has 0 bridgehead atoms. The van der Waals surface area contributed by atoms with Crippen molar-refractivity contribution in [2.75, 3.05) is 13.1 Å². The van der Waals surface area contributed by atoms with E-state index in [9.17, 15) is 4.79 Å². The summed E-state index contributed by atoms with van der Waals surface area (Å²) in [6, 6.07) is 5.93. The molecule has 5 nitrogen and oxygen atoms in total. The van der Waals surface area contributed by atoms with Crippen molar-refractivity contribution < 1.29 is 4.79 Å². The predicted molar refractivity (Wildman–Crippen MR) is 67.5 cm³/mol. The predicted octanol–water partition coefficient (Wildman–Crippen LogP) is 2.07. The second-order valence-corrected chi connectivity index (χ2v) is 5.08. The Balaban J connectivity index is 2.26. The van der Waals surface area contributed by atoms with Crippen LogP contribution in [0.4, 0.5) is 0 Å². The first-order valence-electron chi connectivity index (χ1n) is 5.58. The Bertz CT molecular complexity index is 531. The lowest BCUT2D eigenvalue weighted by atomic mass is 10.3. The highest BCUT2D eigenvalue weighted by molar-refractivity contribution is 9.10. The van der Waals surface area contributed by atoms with Crippen LogP contribution in [-0.2, 0) is 0 Å². The number of nitriles is 2. The van der Waals surface area contributed by atoms with Gasteiger partial charge in [0.25, 0.3) is 5.91 Å². The molecule has 1 saturated carbocycles. The Labute approximate surface area is 113 Å². The van der Waals surface area contributed by atoms with E-state index >= 15 is 0 Å². The zero-order valence-corrected chi connectivity index (χ0v) is 11.2. The van der Waals surface area contributed by atoms with E-state index in [1.165, 1.54) is 4.90 Å². The van der Waals surface area contributed by atoms with Crippen LogP contribution in [0.1, 0.15) is 29.4 Å². The highest BCUT2D eigenvalue weighted by Gasteiger charge is 2.29. The minimum Gasteiger partial charge on any atom is -0.339 e. The largest absolute Gasteiger partial charge is 0.339 e. The van der Waals surface area contributed by atoms with Gasteiger partial charge in [-0.3, -0.25) is 4.79 Å². The van der Waals surface area contributed by atoms with E-state index in [2.05, 4.69) is 15.9 Å². The molecule has 92 valence electrons. The van der Waals surface area contributed by atoms with Gasteiger partial charge in [0, 0.05) is 16.7 Å². The van der Waals surface area contributed by atoms with Gasteiger partial charge in [-0.1, -0.05) is 0 Å². The number of hydrogen-bond acceptors (Lipinski definition) is 3. The first-order valence-corrected chi connectivity index (χ1v) is 6.37. The van der Waals surface area contributed by atoms with Crippen molar-refractivity contribution >= 4 is 21.8 Å². The van der Waals surface area contributed by atoms with E-state index in [1.54, 1.807) is 6.07 Å². The van der Waals surface area contributed by atoms with Gasteiger partial charge < -0.3 is 9.47 Å². The summed E-state index contributed by atoms with van der Waals surface area (Å²) in [4.78, 5) is 13.5. The van der Waals surface area contributed by atoms with E-state index in [0.29, 0.717) is 11.7 Å². The number of carbonyl (C=O) groups excluding carboxylic acids is 1. The fourth-order valence-corrected chi connectivity index (χ4v) is 2.24. The van der Waals surface area contributed by atoms with Crippen LogP contribution in [-0.4, -0.2) is 28.5 Å². The van der Waals surface area contributed by atoms with Crippen LogP contribution in [0.3, 0.4) is 0 Å². The number of nitrogens with zero attached hydrogens (tertiary/aromatic N) is 4. The van der Waals surface area contributed by atoms with Crippen LogP contribution in [0.2, 0.25) is 0 Å². The minimum absolute atomic E-state index is 0.0696. The maximum Gasteiger partial charge on any atom is 0.272 e. The molecule has 0 atom stereocenters. The molecule has 0 aromatic carbocycles. The van der Waals surface area contributed by atoms with Crippen LogP contribution < -0.4 is 0 Å². The summed E-state index contributed by atoms with van der Waals surface area (Å²) in [5, 5.41) is 17.4. The molecule has 0 radical (unpaired) electrons. The summed E-state index contributed by atoms with van der Waals surface area (Å²) in [5.41, 5.74) is 0.537. The number of amides is 1. The van der Waals surface area contributed by atoms with Crippen LogP contribution >= 0.6 is 15.9 Å². The quantitative estimate of drug-likeness (QED) is 0.799. The average Bonchev–Trinajstić information content (AvgIpc) is 3.11. The monoisotopic (exact) mass is 306 g/mol. The summed E-state index contributed by atoms with van der Waals surface area (Å²) >= 11 is 3.35. The summed E-state index contributed by atoms with van der Waals surface area (Å²) < 4.78 is 2.76. The molecule has 2 rings (SSSR count). The first-order chi connectivity index (χ1) is 8.67. The lowest BCUT2D eigenvalue weighted by Crippen LogP contribution is -2.33. The molecule has 0 unspecified atom stereocenters. The van der Waals surface area contributed by atoms with Gasteiger partial charge in [-0.15, -0.1) is 0 Å². The molecule has 0 spiro atoms. The zero-order valence-electron chi connectivity index (χ0n) is 9.64. The smallest absolute Gasteiger partial charge is 0.272 e. The number of carbonyl (C=O) groups is 1. The van der Waals surface area contributed by atoms with Gasteiger partial charge in [0.05, 0.1) is 12.1 Å². The zero-order chi connectivity index (χ0) is 13.1. The minimum atomic E-state index is -0.268. The summed E-state index contributed by atoms with van der Waals surface area (Å²) in [6.07, 6.45) is 4.01. The van der Waals surface area contributed by atoms with Gasteiger partial charge in [-0.2, -0.15) is 10.5 Å². The molecular weight excluding hydrogens is 296 g/mol. The fraction of sp³-hybridized carbons (Fsp3) is 0.417. The molecule has 0 aliphatic heterocycles. The second-order valence-electron chi connectivity index (χ2n) is 4.16. The van der Waals surface area contributed by atoms with Gasteiger partial charge in [0.1, 0.15) is 18.8 Å². The Morgan fingerprint density at radius 1 is 1.44 bits per heavy atom. The van der Waals surface area contributed by atoms with E-state index in [1.807, 2.05) is 22.9 Å². The molecule has 1 aromatic heterocycles. The Kier molecular flexibility index (Phi) is 3.69. The number of halogens is 1. The maximum atomic E-state index is 12.3. The summed E-state index contributed by atoms with van der Waals surface area (Å²) in [7, 11) is 0. The van der Waals surface area contributed by atoms with E-state index in [-0.39, 0.29) is 19.0 Å². The van der Waals surface area contributed by atoms with Gasteiger partial charge in [-0.25, -0.2) is 0 Å². The van der Waals surface area contributed by atoms with E-state index < -0.39 is 0 Å². The molecule has 18 heavy (non-hydrogen) atoms. The number of aromatic nitrogens is 1. The molecule has 0 saturated heterocycles. The first kappa shape index (κ1) is 12.7. The van der Waals surface area contributed by atoms with Gasteiger partial charge in [0.2, 0.25) is 0 Å². The molecule has 6 heteroatoms. The Morgan fingerprint density at radius 2 is 2.06 bits per heavy atom. The van der Waals surface area contributed by atoms with Crippen LogP contribution in [0.5, 0.6) is 0 Å². The van der Waals surface area contributed by atoms with Crippen molar-refractivity contribution in [2.45, 2.75) is 18.9 Å². The molecule has 1 aromatic rings. The highest BCUT2D eigenvalue weighted by atomic mass is 79.9. The lowest BCUT2D eigenvalue weighted by Gasteiger charge is -2.17. The van der Waals surface area contributed by atoms with Crippen molar-refractivity contribution in [1.29, 1.82) is 10.5 Å². The molecule has 1 aliphatic carbocycles. The number of rotatable bonds is 4. The maximum absolute atomic E-state index is 12.3. The van der Waals surface area contributed by atoms with Crippen molar-refractivity contribution in [3.8, 4) is 12.1 Å². The third-order valence-corrected chi connectivity index (χ3v) is 3.22. The third-order valence-electron chi connectivity index (χ3n) is 2.78. The number of hydrogen-bond donors (Lipinski definition) is 0. The van der Waals surface area contributed by atoms with Crippen molar-refractivity contribution in [1.82, 2.24) is 9.47 Å². The highest BCUT2D eigenvalue weighted by Crippen LogP contribution is 2.37. The lowest BCUT2D eigenvalue weighted by molar-refractivity contribution is 0.0784. The fourth-order valence-electron chi connectivity index (χ4n) is 1.80. The normalized spacial score (nSPS) is 13.7. The van der Waals surface area contributed by atoms with E-state index in [4.69, 9.17) is 10.5 Å². The molecule has 1 aliphatic rings. The topological polar surface area (TPSA) is 72.8 Å². The van der Waals surface area contributed by atoms with Gasteiger partial charge in [-0.05, 0) is 34.8 Å². The SMILES string of the molecule is N#CCN(CC#N)C(=O)c1cc(Br)cn1C1CC1. The van der Waals surface area contributed by atoms with Gasteiger partial charge in [0.15, 0.2) is 0 Å². The molecule has 1 fully saturated rings. The Morgan fingerprint density at radius 3 is 2.56 bits per heavy atom. The van der Waals surface area contributed by atoms with Crippen molar-refractivity contribution in [3.63, 3.8) is 0 Å². The third kappa shape index (κ3) is 2.55. The molecule has 1 heterocycles. The van der Waals surface area contributed by atoms with E-state index in [0.717, 1.165) is 17.3 Å². The van der Waals surface area contributed by atoms with Gasteiger partial charge >= 0.3 is 0 Å². The molecule has 1 amide bonds. The summed E-state index contributed by atoms with van der Waals surface area (Å²) in [5.74, 6) is -0.268.